The van der Waals surface area contributed by atoms with Crippen LogP contribution in [0.5, 0.6) is 0 Å². The molecular weight excluding hydrogens is 260 g/mol. The van der Waals surface area contributed by atoms with Crippen LogP contribution in [0.25, 0.3) is 6.08 Å². The number of benzene rings is 1. The van der Waals surface area contributed by atoms with Crippen molar-refractivity contribution in [1.82, 2.24) is 0 Å². The minimum absolute atomic E-state index is 0.0162. The lowest BCUT2D eigenvalue weighted by atomic mass is 9.99. The van der Waals surface area contributed by atoms with Crippen molar-refractivity contribution >= 4 is 17.6 Å². The smallest absolute Gasteiger partial charge is 0.156 e. The van der Waals surface area contributed by atoms with Gasteiger partial charge in [0.05, 0.1) is 12.2 Å². The van der Waals surface area contributed by atoms with Gasteiger partial charge in [-0.2, -0.15) is 0 Å². The number of dihydropyridines is 1. The first-order valence-electron chi connectivity index (χ1n) is 6.45. The lowest BCUT2D eigenvalue weighted by molar-refractivity contribution is 0.581. The Labute approximate surface area is 116 Å². The molecule has 0 saturated carbocycles. The van der Waals surface area contributed by atoms with E-state index in [0.717, 1.165) is 18.1 Å². The SMILES string of the molecule is CCC1=CC(C=Cc2c(F)ccc(N)c2F)CN=C1N. The maximum atomic E-state index is 13.7. The van der Waals surface area contributed by atoms with Crippen LogP contribution >= 0.6 is 0 Å². The van der Waals surface area contributed by atoms with Crippen molar-refractivity contribution in [3.05, 3.63) is 47.1 Å². The third-order valence-corrected chi connectivity index (χ3v) is 3.26. The van der Waals surface area contributed by atoms with Gasteiger partial charge in [-0.3, -0.25) is 4.99 Å². The lowest BCUT2D eigenvalue weighted by Crippen LogP contribution is -2.21. The van der Waals surface area contributed by atoms with Gasteiger partial charge in [-0.15, -0.1) is 0 Å². The van der Waals surface area contributed by atoms with Crippen LogP contribution in [0.3, 0.4) is 0 Å². The van der Waals surface area contributed by atoms with Gasteiger partial charge in [0.2, 0.25) is 0 Å². The van der Waals surface area contributed by atoms with Crippen molar-refractivity contribution in [2.75, 3.05) is 12.3 Å². The Morgan fingerprint density at radius 2 is 2.10 bits per heavy atom. The molecule has 0 aromatic heterocycles. The fourth-order valence-corrected chi connectivity index (χ4v) is 2.08. The molecule has 106 valence electrons. The number of halogens is 2. The highest BCUT2D eigenvalue weighted by atomic mass is 19.1. The summed E-state index contributed by atoms with van der Waals surface area (Å²) >= 11 is 0. The van der Waals surface area contributed by atoms with Crippen LogP contribution < -0.4 is 11.5 Å². The van der Waals surface area contributed by atoms with Crippen LogP contribution in [-0.4, -0.2) is 12.4 Å². The Morgan fingerprint density at radius 1 is 1.35 bits per heavy atom. The predicted octanol–water partition coefficient (Wildman–Crippen LogP) is 2.88. The average Bonchev–Trinajstić information content (AvgIpc) is 2.44. The van der Waals surface area contributed by atoms with Gasteiger partial charge in [0.25, 0.3) is 0 Å². The van der Waals surface area contributed by atoms with Crippen molar-refractivity contribution in [3.63, 3.8) is 0 Å². The summed E-state index contributed by atoms with van der Waals surface area (Å²) in [6, 6.07) is 2.37. The van der Waals surface area contributed by atoms with Crippen LogP contribution in [-0.2, 0) is 0 Å². The molecule has 0 bridgehead atoms. The molecule has 5 heteroatoms. The number of aliphatic imine (C=N–C) groups is 1. The number of nitrogen functional groups attached to an aromatic ring is 1. The standard InChI is InChI=1S/C15H17F2N3/c1-2-10-7-9(8-20-15(10)19)3-4-11-12(16)5-6-13(18)14(11)17/h3-7,9H,2,8,18H2,1H3,(H2,19,20). The number of hydrogen-bond acceptors (Lipinski definition) is 3. The monoisotopic (exact) mass is 277 g/mol. The fraction of sp³-hybridized carbons (Fsp3) is 0.267. The fourth-order valence-electron chi connectivity index (χ4n) is 2.08. The van der Waals surface area contributed by atoms with Crippen molar-refractivity contribution in [2.45, 2.75) is 13.3 Å². The maximum absolute atomic E-state index is 13.7. The molecule has 0 fully saturated rings. The summed E-state index contributed by atoms with van der Waals surface area (Å²) in [4.78, 5) is 4.20. The molecule has 1 aliphatic heterocycles. The summed E-state index contributed by atoms with van der Waals surface area (Å²) in [6.45, 7) is 2.47. The summed E-state index contributed by atoms with van der Waals surface area (Å²) in [5.41, 5.74) is 11.9. The predicted molar refractivity (Wildman–Crippen MR) is 78.2 cm³/mol. The molecule has 3 nitrogen and oxygen atoms in total. The Kier molecular flexibility index (Phi) is 4.17. The molecule has 0 radical (unpaired) electrons. The van der Waals surface area contributed by atoms with Gasteiger partial charge in [0, 0.05) is 11.5 Å². The summed E-state index contributed by atoms with van der Waals surface area (Å²) in [5.74, 6) is -0.845. The zero-order chi connectivity index (χ0) is 14.7. The molecule has 1 unspecified atom stereocenters. The third-order valence-electron chi connectivity index (χ3n) is 3.26. The van der Waals surface area contributed by atoms with E-state index in [0.29, 0.717) is 12.4 Å². The highest BCUT2D eigenvalue weighted by Crippen LogP contribution is 2.22. The first-order chi connectivity index (χ1) is 9.52. The van der Waals surface area contributed by atoms with E-state index in [1.165, 1.54) is 12.1 Å². The summed E-state index contributed by atoms with van der Waals surface area (Å²) in [5, 5.41) is 0. The van der Waals surface area contributed by atoms with Gasteiger partial charge < -0.3 is 11.5 Å². The van der Waals surface area contributed by atoms with E-state index in [1.807, 2.05) is 13.0 Å². The van der Waals surface area contributed by atoms with Gasteiger partial charge in [-0.05, 0) is 24.1 Å². The quantitative estimate of drug-likeness (QED) is 0.834. The Balaban J connectivity index is 2.23. The second kappa shape index (κ2) is 5.86. The number of amidine groups is 1. The molecular formula is C15H17F2N3. The van der Waals surface area contributed by atoms with Gasteiger partial charge in [0.1, 0.15) is 11.7 Å². The number of anilines is 1. The van der Waals surface area contributed by atoms with E-state index in [2.05, 4.69) is 4.99 Å². The Hall–Kier alpha value is -2.17. The molecule has 4 N–H and O–H groups in total. The average molecular weight is 277 g/mol. The Bertz CT molecular complexity index is 603. The second-order valence-corrected chi connectivity index (χ2v) is 4.66. The summed E-state index contributed by atoms with van der Waals surface area (Å²) in [7, 11) is 0. The normalized spacial score (nSPS) is 19.1. The zero-order valence-corrected chi connectivity index (χ0v) is 11.2. The molecule has 1 aromatic rings. The largest absolute Gasteiger partial charge is 0.396 e. The van der Waals surface area contributed by atoms with Crippen LogP contribution in [0.15, 0.2) is 34.9 Å². The van der Waals surface area contributed by atoms with Gasteiger partial charge in [-0.1, -0.05) is 25.2 Å². The van der Waals surface area contributed by atoms with Crippen LogP contribution in [0.1, 0.15) is 18.9 Å². The molecule has 1 heterocycles. The van der Waals surface area contributed by atoms with Crippen molar-refractivity contribution < 1.29 is 8.78 Å². The topological polar surface area (TPSA) is 64.4 Å². The van der Waals surface area contributed by atoms with Crippen LogP contribution in [0.4, 0.5) is 14.5 Å². The minimum Gasteiger partial charge on any atom is -0.396 e. The van der Waals surface area contributed by atoms with Crippen LogP contribution in [0, 0.1) is 17.6 Å². The number of nitrogens with two attached hydrogens (primary N) is 2. The van der Waals surface area contributed by atoms with Gasteiger partial charge >= 0.3 is 0 Å². The van der Waals surface area contributed by atoms with Crippen molar-refractivity contribution in [2.24, 2.45) is 16.6 Å². The highest BCUT2D eigenvalue weighted by molar-refractivity contribution is 5.97. The van der Waals surface area contributed by atoms with E-state index in [9.17, 15) is 8.78 Å². The second-order valence-electron chi connectivity index (χ2n) is 4.66. The molecule has 0 amide bonds. The minimum atomic E-state index is -0.736. The first kappa shape index (κ1) is 14.2. The van der Waals surface area contributed by atoms with E-state index in [-0.39, 0.29) is 17.2 Å². The first-order valence-corrected chi connectivity index (χ1v) is 6.45. The number of rotatable bonds is 3. The molecule has 1 aliphatic rings. The molecule has 2 rings (SSSR count). The summed E-state index contributed by atoms with van der Waals surface area (Å²) < 4.78 is 27.3. The lowest BCUT2D eigenvalue weighted by Gasteiger charge is -2.15. The molecule has 0 aliphatic carbocycles. The molecule has 0 spiro atoms. The molecule has 1 atom stereocenters. The van der Waals surface area contributed by atoms with E-state index in [1.54, 1.807) is 6.08 Å². The summed E-state index contributed by atoms with van der Waals surface area (Å²) in [6.07, 6.45) is 5.88. The molecule has 20 heavy (non-hydrogen) atoms. The van der Waals surface area contributed by atoms with Gasteiger partial charge in [0.15, 0.2) is 5.82 Å². The third kappa shape index (κ3) is 2.87. The van der Waals surface area contributed by atoms with Gasteiger partial charge in [-0.25, -0.2) is 8.78 Å². The molecule has 1 aromatic carbocycles. The number of hydrogen-bond donors (Lipinski definition) is 2. The Morgan fingerprint density at radius 3 is 2.80 bits per heavy atom. The zero-order valence-electron chi connectivity index (χ0n) is 11.2. The number of nitrogens with zero attached hydrogens (tertiary/aromatic N) is 1. The highest BCUT2D eigenvalue weighted by Gasteiger charge is 2.13. The van der Waals surface area contributed by atoms with Crippen molar-refractivity contribution in [3.8, 4) is 0 Å². The maximum Gasteiger partial charge on any atom is 0.156 e. The van der Waals surface area contributed by atoms with E-state index >= 15 is 0 Å². The van der Waals surface area contributed by atoms with Crippen molar-refractivity contribution in [1.29, 1.82) is 0 Å². The van der Waals surface area contributed by atoms with E-state index < -0.39 is 11.6 Å². The van der Waals surface area contributed by atoms with E-state index in [4.69, 9.17) is 11.5 Å². The molecule has 0 saturated heterocycles. The van der Waals surface area contributed by atoms with Crippen LogP contribution in [0.2, 0.25) is 0 Å².